The number of alkyl carbamates (subject to hydrolysis) is 1. The minimum Gasteiger partial charge on any atom is -0.444 e. The van der Waals surface area contributed by atoms with Crippen LogP contribution in [0.1, 0.15) is 45.5 Å². The van der Waals surface area contributed by atoms with Gasteiger partial charge in [-0.15, -0.1) is 0 Å². The summed E-state index contributed by atoms with van der Waals surface area (Å²) < 4.78 is 10.9. The van der Waals surface area contributed by atoms with Crippen molar-refractivity contribution in [3.8, 4) is 11.3 Å². The van der Waals surface area contributed by atoms with Gasteiger partial charge in [-0.3, -0.25) is 0 Å². The molecule has 1 aromatic carbocycles. The summed E-state index contributed by atoms with van der Waals surface area (Å²) in [5.41, 5.74) is 6.50. The predicted molar refractivity (Wildman–Crippen MR) is 97.3 cm³/mol. The normalized spacial score (nSPS) is 12.7. The number of nitrogens with zero attached hydrogens (tertiary/aromatic N) is 1. The molecule has 25 heavy (non-hydrogen) atoms. The molecule has 0 spiro atoms. The van der Waals surface area contributed by atoms with E-state index in [1.807, 2.05) is 32.9 Å². The van der Waals surface area contributed by atoms with Crippen LogP contribution in [-0.2, 0) is 4.74 Å². The van der Waals surface area contributed by atoms with E-state index in [-0.39, 0.29) is 6.04 Å². The zero-order valence-corrected chi connectivity index (χ0v) is 15.5. The highest BCUT2D eigenvalue weighted by Gasteiger charge is 2.16. The first-order valence-corrected chi connectivity index (χ1v) is 8.56. The summed E-state index contributed by atoms with van der Waals surface area (Å²) >= 11 is 5.88. The number of oxazole rings is 1. The van der Waals surface area contributed by atoms with Gasteiger partial charge in [-0.05, 0) is 57.9 Å². The molecule has 0 aliphatic heterocycles. The maximum absolute atomic E-state index is 11.6. The van der Waals surface area contributed by atoms with Crippen LogP contribution in [0, 0.1) is 0 Å². The monoisotopic (exact) mass is 365 g/mol. The SMILES string of the molecule is CC(C)(C)OC(=O)NCCC[C@H](N)c1ncc(-c2ccc(Cl)cc2)o1. The van der Waals surface area contributed by atoms with Crippen molar-refractivity contribution >= 4 is 17.7 Å². The number of nitrogens with two attached hydrogens (primary N) is 1. The number of rotatable bonds is 6. The minimum atomic E-state index is -0.503. The standard InChI is InChI=1S/C18H24ClN3O3/c1-18(2,3)25-17(23)21-10-4-5-14(20)16-22-11-15(24-16)12-6-8-13(19)9-7-12/h6-9,11,14H,4-5,10,20H2,1-3H3,(H,21,23)/t14-/m0/s1. The third-order valence-electron chi connectivity index (χ3n) is 3.33. The molecule has 0 aliphatic carbocycles. The van der Waals surface area contributed by atoms with Crippen LogP contribution in [0.2, 0.25) is 5.02 Å². The van der Waals surface area contributed by atoms with E-state index in [4.69, 9.17) is 26.5 Å². The third kappa shape index (κ3) is 6.40. The van der Waals surface area contributed by atoms with Gasteiger partial charge >= 0.3 is 6.09 Å². The van der Waals surface area contributed by atoms with Gasteiger partial charge in [0.1, 0.15) is 5.60 Å². The molecule has 1 amide bonds. The summed E-state index contributed by atoms with van der Waals surface area (Å²) in [5.74, 6) is 1.12. The number of nitrogens with one attached hydrogen (secondary N) is 1. The topological polar surface area (TPSA) is 90.4 Å². The van der Waals surface area contributed by atoms with E-state index in [1.54, 1.807) is 18.3 Å². The second kappa shape index (κ2) is 8.36. The Morgan fingerprint density at radius 2 is 2.04 bits per heavy atom. The van der Waals surface area contributed by atoms with Gasteiger partial charge in [0.2, 0.25) is 5.89 Å². The molecule has 1 aromatic heterocycles. The highest BCUT2D eigenvalue weighted by atomic mass is 35.5. The maximum Gasteiger partial charge on any atom is 0.407 e. The van der Waals surface area contributed by atoms with Crippen LogP contribution >= 0.6 is 11.6 Å². The molecule has 0 bridgehead atoms. The number of benzene rings is 1. The van der Waals surface area contributed by atoms with Crippen molar-refractivity contribution in [1.82, 2.24) is 10.3 Å². The van der Waals surface area contributed by atoms with E-state index in [2.05, 4.69) is 10.3 Å². The lowest BCUT2D eigenvalue weighted by molar-refractivity contribution is 0.0526. The predicted octanol–water partition coefficient (Wildman–Crippen LogP) is 4.30. The Kier molecular flexibility index (Phi) is 6.45. The van der Waals surface area contributed by atoms with Crippen molar-refractivity contribution in [2.75, 3.05) is 6.54 Å². The van der Waals surface area contributed by atoms with E-state index in [0.717, 1.165) is 5.56 Å². The van der Waals surface area contributed by atoms with Crippen LogP contribution < -0.4 is 11.1 Å². The van der Waals surface area contributed by atoms with Crippen LogP contribution in [0.3, 0.4) is 0 Å². The molecule has 3 N–H and O–H groups in total. The van der Waals surface area contributed by atoms with Gasteiger partial charge in [0.25, 0.3) is 0 Å². The van der Waals surface area contributed by atoms with Crippen molar-refractivity contribution in [1.29, 1.82) is 0 Å². The molecule has 2 aromatic rings. The average Bonchev–Trinajstić information content (AvgIpc) is 3.00. The summed E-state index contributed by atoms with van der Waals surface area (Å²) in [5, 5.41) is 3.37. The number of ether oxygens (including phenoxy) is 1. The molecular weight excluding hydrogens is 342 g/mol. The van der Waals surface area contributed by atoms with Crippen LogP contribution in [0.25, 0.3) is 11.3 Å². The summed E-state index contributed by atoms with van der Waals surface area (Å²) in [6, 6.07) is 6.98. The molecule has 0 saturated heterocycles. The first-order valence-electron chi connectivity index (χ1n) is 8.19. The van der Waals surface area contributed by atoms with Crippen molar-refractivity contribution in [2.45, 2.75) is 45.3 Å². The van der Waals surface area contributed by atoms with Crippen LogP contribution in [0.4, 0.5) is 4.79 Å². The fourth-order valence-electron chi connectivity index (χ4n) is 2.16. The summed E-state index contributed by atoms with van der Waals surface area (Å²) in [6.07, 6.45) is 2.55. The van der Waals surface area contributed by atoms with Crippen molar-refractivity contribution < 1.29 is 13.9 Å². The number of carbonyl (C=O) groups excluding carboxylic acids is 1. The zero-order valence-electron chi connectivity index (χ0n) is 14.7. The molecule has 0 fully saturated rings. The lowest BCUT2D eigenvalue weighted by Crippen LogP contribution is -2.33. The molecule has 7 heteroatoms. The molecule has 2 rings (SSSR count). The van der Waals surface area contributed by atoms with Crippen LogP contribution in [0.5, 0.6) is 0 Å². The fraction of sp³-hybridized carbons (Fsp3) is 0.444. The fourth-order valence-corrected chi connectivity index (χ4v) is 2.28. The van der Waals surface area contributed by atoms with Gasteiger partial charge < -0.3 is 20.2 Å². The number of hydrogen-bond donors (Lipinski definition) is 2. The number of amides is 1. The highest BCUT2D eigenvalue weighted by Crippen LogP contribution is 2.25. The number of carbonyl (C=O) groups is 1. The lowest BCUT2D eigenvalue weighted by atomic mass is 10.1. The Balaban J connectivity index is 1.79. The van der Waals surface area contributed by atoms with E-state index in [0.29, 0.717) is 36.1 Å². The van der Waals surface area contributed by atoms with Gasteiger partial charge in [-0.2, -0.15) is 0 Å². The van der Waals surface area contributed by atoms with Crippen molar-refractivity contribution in [3.05, 3.63) is 41.4 Å². The number of halogens is 1. The second-order valence-electron chi connectivity index (χ2n) is 6.75. The Morgan fingerprint density at radius 3 is 2.68 bits per heavy atom. The van der Waals surface area contributed by atoms with Gasteiger partial charge in [0.05, 0.1) is 12.2 Å². The minimum absolute atomic E-state index is 0.332. The molecule has 1 atom stereocenters. The Hall–Kier alpha value is -2.05. The van der Waals surface area contributed by atoms with Gasteiger partial charge in [0, 0.05) is 17.1 Å². The summed E-state index contributed by atoms with van der Waals surface area (Å²) in [7, 11) is 0. The summed E-state index contributed by atoms with van der Waals surface area (Å²) in [4.78, 5) is 15.8. The Bertz CT molecular complexity index is 692. The molecule has 0 unspecified atom stereocenters. The van der Waals surface area contributed by atoms with E-state index < -0.39 is 11.7 Å². The first kappa shape index (κ1) is 19.3. The average molecular weight is 366 g/mol. The number of hydrogen-bond acceptors (Lipinski definition) is 5. The highest BCUT2D eigenvalue weighted by molar-refractivity contribution is 6.30. The molecule has 0 radical (unpaired) electrons. The van der Waals surface area contributed by atoms with Gasteiger partial charge in [-0.1, -0.05) is 11.6 Å². The zero-order chi connectivity index (χ0) is 18.4. The number of aromatic nitrogens is 1. The Labute approximate surface area is 152 Å². The molecule has 6 nitrogen and oxygen atoms in total. The lowest BCUT2D eigenvalue weighted by Gasteiger charge is -2.19. The smallest absolute Gasteiger partial charge is 0.407 e. The molecule has 0 saturated carbocycles. The largest absolute Gasteiger partial charge is 0.444 e. The van der Waals surface area contributed by atoms with E-state index >= 15 is 0 Å². The third-order valence-corrected chi connectivity index (χ3v) is 3.58. The Morgan fingerprint density at radius 1 is 1.36 bits per heavy atom. The van der Waals surface area contributed by atoms with Gasteiger partial charge in [0.15, 0.2) is 5.76 Å². The van der Waals surface area contributed by atoms with E-state index in [9.17, 15) is 4.79 Å². The van der Waals surface area contributed by atoms with Gasteiger partial charge in [-0.25, -0.2) is 9.78 Å². The first-order chi connectivity index (χ1) is 11.7. The maximum atomic E-state index is 11.6. The van der Waals surface area contributed by atoms with E-state index in [1.165, 1.54) is 0 Å². The molecular formula is C18H24ClN3O3. The second-order valence-corrected chi connectivity index (χ2v) is 7.18. The molecule has 136 valence electrons. The summed E-state index contributed by atoms with van der Waals surface area (Å²) in [6.45, 7) is 5.95. The van der Waals surface area contributed by atoms with Crippen LogP contribution in [0.15, 0.2) is 34.9 Å². The van der Waals surface area contributed by atoms with Crippen molar-refractivity contribution in [2.24, 2.45) is 5.73 Å². The van der Waals surface area contributed by atoms with Crippen LogP contribution in [-0.4, -0.2) is 23.2 Å². The molecule has 1 heterocycles. The molecule has 0 aliphatic rings. The quantitative estimate of drug-likeness (QED) is 0.745. The van der Waals surface area contributed by atoms with Crippen molar-refractivity contribution in [3.63, 3.8) is 0 Å².